The predicted molar refractivity (Wildman–Crippen MR) is 104 cm³/mol. The zero-order chi connectivity index (χ0) is 17.9. The topological polar surface area (TPSA) is 74.7 Å². The van der Waals surface area contributed by atoms with Crippen LogP contribution in [0.5, 0.6) is 0 Å². The highest BCUT2D eigenvalue weighted by molar-refractivity contribution is 7.89. The molecule has 0 atom stereocenters. The Bertz CT molecular complexity index is 959. The van der Waals surface area contributed by atoms with Gasteiger partial charge in [0.25, 0.3) is 0 Å². The molecular formula is C16H16N4O2S3. The molecular weight excluding hydrogens is 376 g/mol. The summed E-state index contributed by atoms with van der Waals surface area (Å²) in [4.78, 5) is 5.78. The Balaban J connectivity index is 1.72. The van der Waals surface area contributed by atoms with E-state index >= 15 is 0 Å². The molecule has 3 aromatic rings. The monoisotopic (exact) mass is 392 g/mol. The molecule has 9 heteroatoms. The smallest absolute Gasteiger partial charge is 0.242 e. The standard InChI is InChI=1S/C16H16N4O2S3/c1-20(2)25(21,22)14-7-5-12(6-8-14)15-11-24-16(18-15)19-17-10-13-4-3-9-23-13/h3-11H,1-2H3,(H,18,19)/b17-10+. The van der Waals surface area contributed by atoms with Gasteiger partial charge in [-0.3, -0.25) is 5.43 Å². The summed E-state index contributed by atoms with van der Waals surface area (Å²) in [5.41, 5.74) is 4.53. The number of thiophene rings is 1. The van der Waals surface area contributed by atoms with Gasteiger partial charge in [-0.25, -0.2) is 17.7 Å². The van der Waals surface area contributed by atoms with Gasteiger partial charge in [-0.05, 0) is 23.6 Å². The molecule has 0 amide bonds. The molecule has 0 saturated heterocycles. The fourth-order valence-corrected chi connectivity index (χ4v) is 4.14. The summed E-state index contributed by atoms with van der Waals surface area (Å²) in [6, 6.07) is 10.6. The van der Waals surface area contributed by atoms with E-state index in [1.807, 2.05) is 22.9 Å². The third kappa shape index (κ3) is 4.13. The predicted octanol–water partition coefficient (Wildman–Crippen LogP) is 3.57. The van der Waals surface area contributed by atoms with Gasteiger partial charge in [0.15, 0.2) is 0 Å². The fourth-order valence-electron chi connectivity index (χ4n) is 1.98. The summed E-state index contributed by atoms with van der Waals surface area (Å²) in [5.74, 6) is 0. The molecule has 0 spiro atoms. The van der Waals surface area contributed by atoms with Gasteiger partial charge in [0.2, 0.25) is 15.2 Å². The number of hydrogen-bond acceptors (Lipinski definition) is 7. The molecule has 130 valence electrons. The second-order valence-corrected chi connectivity index (χ2v) is 9.22. The van der Waals surface area contributed by atoms with E-state index in [2.05, 4.69) is 15.5 Å². The number of hydrogen-bond donors (Lipinski definition) is 1. The molecule has 3 rings (SSSR count). The van der Waals surface area contributed by atoms with Gasteiger partial charge in [-0.1, -0.05) is 18.2 Å². The van der Waals surface area contributed by atoms with Crippen molar-refractivity contribution in [3.05, 3.63) is 52.0 Å². The van der Waals surface area contributed by atoms with Crippen LogP contribution in [0.25, 0.3) is 11.3 Å². The van der Waals surface area contributed by atoms with Crippen molar-refractivity contribution in [3.63, 3.8) is 0 Å². The molecule has 0 aliphatic heterocycles. The molecule has 1 aromatic carbocycles. The number of hydrazone groups is 1. The number of rotatable bonds is 6. The Morgan fingerprint density at radius 1 is 1.16 bits per heavy atom. The molecule has 1 N–H and O–H groups in total. The lowest BCUT2D eigenvalue weighted by Gasteiger charge is -2.11. The van der Waals surface area contributed by atoms with Crippen LogP contribution in [-0.4, -0.2) is 38.0 Å². The third-order valence-electron chi connectivity index (χ3n) is 3.33. The van der Waals surface area contributed by atoms with Gasteiger partial charge in [0.1, 0.15) is 0 Å². The van der Waals surface area contributed by atoms with Crippen molar-refractivity contribution in [3.8, 4) is 11.3 Å². The number of aromatic nitrogens is 1. The maximum atomic E-state index is 12.1. The van der Waals surface area contributed by atoms with Crippen LogP contribution in [0.2, 0.25) is 0 Å². The van der Waals surface area contributed by atoms with E-state index in [0.717, 1.165) is 16.1 Å². The number of benzene rings is 1. The SMILES string of the molecule is CN(C)S(=O)(=O)c1ccc(-c2csc(N/N=C/c3cccs3)n2)cc1. The Labute approximate surface area is 154 Å². The summed E-state index contributed by atoms with van der Waals surface area (Å²) in [6.45, 7) is 0. The highest BCUT2D eigenvalue weighted by Gasteiger charge is 2.17. The van der Waals surface area contributed by atoms with Gasteiger partial charge in [0.05, 0.1) is 16.8 Å². The van der Waals surface area contributed by atoms with Crippen molar-refractivity contribution in [2.45, 2.75) is 4.90 Å². The average Bonchev–Trinajstić information content (AvgIpc) is 3.27. The van der Waals surface area contributed by atoms with Gasteiger partial charge in [-0.15, -0.1) is 22.7 Å². The van der Waals surface area contributed by atoms with Gasteiger partial charge in [-0.2, -0.15) is 5.10 Å². The number of sulfonamides is 1. The van der Waals surface area contributed by atoms with E-state index in [1.165, 1.54) is 29.7 Å². The van der Waals surface area contributed by atoms with Crippen LogP contribution >= 0.6 is 22.7 Å². The second-order valence-electron chi connectivity index (χ2n) is 5.24. The quantitative estimate of drug-likeness (QED) is 0.514. The maximum Gasteiger partial charge on any atom is 0.242 e. The summed E-state index contributed by atoms with van der Waals surface area (Å²) >= 11 is 3.04. The zero-order valence-corrected chi connectivity index (χ0v) is 16.0. The molecule has 2 heterocycles. The molecule has 0 aliphatic rings. The molecule has 2 aromatic heterocycles. The lowest BCUT2D eigenvalue weighted by atomic mass is 10.2. The van der Waals surface area contributed by atoms with E-state index in [-0.39, 0.29) is 4.90 Å². The summed E-state index contributed by atoms with van der Waals surface area (Å²) in [6.07, 6.45) is 1.74. The number of anilines is 1. The summed E-state index contributed by atoms with van der Waals surface area (Å²) in [5, 5.41) is 8.72. The first-order chi connectivity index (χ1) is 12.0. The van der Waals surface area contributed by atoms with Crippen molar-refractivity contribution in [1.29, 1.82) is 0 Å². The minimum absolute atomic E-state index is 0.260. The van der Waals surface area contributed by atoms with E-state index in [1.54, 1.807) is 41.8 Å². The van der Waals surface area contributed by atoms with E-state index in [9.17, 15) is 8.42 Å². The molecule has 0 fully saturated rings. The first-order valence-electron chi connectivity index (χ1n) is 7.28. The summed E-state index contributed by atoms with van der Waals surface area (Å²) in [7, 11) is -0.395. The van der Waals surface area contributed by atoms with Crippen LogP contribution in [0.3, 0.4) is 0 Å². The van der Waals surface area contributed by atoms with Crippen LogP contribution in [0, 0.1) is 0 Å². The fraction of sp³-hybridized carbons (Fsp3) is 0.125. The van der Waals surface area contributed by atoms with Crippen molar-refractivity contribution in [2.75, 3.05) is 19.5 Å². The van der Waals surface area contributed by atoms with Crippen LogP contribution in [0.4, 0.5) is 5.13 Å². The Kier molecular flexibility index (Phi) is 5.28. The average molecular weight is 393 g/mol. The second kappa shape index (κ2) is 7.44. The van der Waals surface area contributed by atoms with Gasteiger partial charge in [0, 0.05) is 29.9 Å². The van der Waals surface area contributed by atoms with Crippen LogP contribution in [0.15, 0.2) is 57.2 Å². The molecule has 0 radical (unpaired) electrons. The van der Waals surface area contributed by atoms with Crippen molar-refractivity contribution >= 4 is 44.0 Å². The highest BCUT2D eigenvalue weighted by Crippen LogP contribution is 2.26. The highest BCUT2D eigenvalue weighted by atomic mass is 32.2. The minimum Gasteiger partial charge on any atom is -0.253 e. The minimum atomic E-state index is -3.42. The Hall–Kier alpha value is -2.07. The first kappa shape index (κ1) is 17.7. The van der Waals surface area contributed by atoms with Crippen molar-refractivity contribution < 1.29 is 8.42 Å². The van der Waals surface area contributed by atoms with Crippen molar-refractivity contribution in [2.24, 2.45) is 5.10 Å². The third-order valence-corrected chi connectivity index (χ3v) is 6.71. The van der Waals surface area contributed by atoms with Crippen LogP contribution in [-0.2, 0) is 10.0 Å². The van der Waals surface area contributed by atoms with Gasteiger partial charge >= 0.3 is 0 Å². The van der Waals surface area contributed by atoms with E-state index in [0.29, 0.717) is 5.13 Å². The number of nitrogens with one attached hydrogen (secondary N) is 1. The molecule has 0 bridgehead atoms. The molecule has 0 aliphatic carbocycles. The number of nitrogens with zero attached hydrogens (tertiary/aromatic N) is 3. The molecule has 25 heavy (non-hydrogen) atoms. The Morgan fingerprint density at radius 3 is 2.56 bits per heavy atom. The Morgan fingerprint density at radius 2 is 1.92 bits per heavy atom. The van der Waals surface area contributed by atoms with Crippen molar-refractivity contribution in [1.82, 2.24) is 9.29 Å². The summed E-state index contributed by atoms with van der Waals surface area (Å²) < 4.78 is 25.4. The molecule has 0 unspecified atom stereocenters. The van der Waals surface area contributed by atoms with E-state index in [4.69, 9.17) is 0 Å². The largest absolute Gasteiger partial charge is 0.253 e. The van der Waals surface area contributed by atoms with Gasteiger partial charge < -0.3 is 0 Å². The number of thiazole rings is 1. The zero-order valence-electron chi connectivity index (χ0n) is 13.6. The lowest BCUT2D eigenvalue weighted by Crippen LogP contribution is -2.22. The lowest BCUT2D eigenvalue weighted by molar-refractivity contribution is 0.521. The maximum absolute atomic E-state index is 12.1. The van der Waals surface area contributed by atoms with Crippen LogP contribution < -0.4 is 5.43 Å². The van der Waals surface area contributed by atoms with Crippen LogP contribution in [0.1, 0.15) is 4.88 Å². The van der Waals surface area contributed by atoms with E-state index < -0.39 is 10.0 Å². The normalized spacial score (nSPS) is 12.1. The molecule has 6 nitrogen and oxygen atoms in total. The molecule has 0 saturated carbocycles. The first-order valence-corrected chi connectivity index (χ1v) is 10.5.